The summed E-state index contributed by atoms with van der Waals surface area (Å²) < 4.78 is 0. The van der Waals surface area contributed by atoms with Crippen LogP contribution in [0.4, 0.5) is 11.5 Å². The summed E-state index contributed by atoms with van der Waals surface area (Å²) >= 11 is 0. The summed E-state index contributed by atoms with van der Waals surface area (Å²) in [6.07, 6.45) is 7.13. The van der Waals surface area contributed by atoms with Crippen LogP contribution in [-0.2, 0) is 0 Å². The van der Waals surface area contributed by atoms with E-state index in [9.17, 15) is 0 Å². The summed E-state index contributed by atoms with van der Waals surface area (Å²) in [7, 11) is 4.09. The first-order valence-corrected chi connectivity index (χ1v) is 7.46. The molecule has 1 fully saturated rings. The average molecular weight is 261 g/mol. The zero-order valence-electron chi connectivity index (χ0n) is 12.7. The van der Waals surface area contributed by atoms with E-state index in [2.05, 4.69) is 35.1 Å². The van der Waals surface area contributed by atoms with Crippen molar-refractivity contribution < 1.29 is 0 Å². The monoisotopic (exact) mass is 261 g/mol. The Balaban J connectivity index is 1.96. The minimum Gasteiger partial charge on any atom is -0.379 e. The van der Waals surface area contributed by atoms with Crippen LogP contribution in [0, 0.1) is 11.8 Å². The van der Waals surface area contributed by atoms with Gasteiger partial charge in [-0.05, 0) is 49.7 Å². The lowest BCUT2D eigenvalue weighted by atomic mass is 9.79. The van der Waals surface area contributed by atoms with Crippen LogP contribution in [0.25, 0.3) is 0 Å². The van der Waals surface area contributed by atoms with Crippen molar-refractivity contribution in [2.75, 3.05) is 24.3 Å². The van der Waals surface area contributed by atoms with Crippen molar-refractivity contribution in [2.24, 2.45) is 11.8 Å². The van der Waals surface area contributed by atoms with Crippen molar-refractivity contribution in [2.45, 2.75) is 45.6 Å². The molecule has 0 saturated heterocycles. The number of hydrogen-bond acceptors (Lipinski definition) is 3. The molecule has 1 aromatic rings. The molecule has 1 aliphatic carbocycles. The van der Waals surface area contributed by atoms with E-state index in [1.807, 2.05) is 26.4 Å². The third-order valence-electron chi connectivity index (χ3n) is 4.28. The molecule has 0 spiro atoms. The minimum absolute atomic E-state index is 0.609. The molecule has 19 heavy (non-hydrogen) atoms. The van der Waals surface area contributed by atoms with Crippen LogP contribution in [0.2, 0.25) is 0 Å². The third-order valence-corrected chi connectivity index (χ3v) is 4.28. The molecule has 1 N–H and O–H groups in total. The molecule has 106 valence electrons. The lowest BCUT2D eigenvalue weighted by Crippen LogP contribution is -2.28. The Bertz CT molecular complexity index is 393. The molecule has 3 heteroatoms. The Hall–Kier alpha value is -1.25. The van der Waals surface area contributed by atoms with Gasteiger partial charge in [0.25, 0.3) is 0 Å². The van der Waals surface area contributed by atoms with Gasteiger partial charge in [-0.1, -0.05) is 13.8 Å². The standard InChI is InChI=1S/C16H27N3/c1-12(2)13-7-9-14(10-8-13)18-15-6-5-11-17-16(15)19(3)4/h5-6,11-14,18H,7-10H2,1-4H3. The summed E-state index contributed by atoms with van der Waals surface area (Å²) in [6, 6.07) is 4.75. The Labute approximate surface area is 117 Å². The van der Waals surface area contributed by atoms with E-state index in [1.165, 1.54) is 31.4 Å². The lowest BCUT2D eigenvalue weighted by Gasteiger charge is -2.32. The predicted molar refractivity (Wildman–Crippen MR) is 82.8 cm³/mol. The van der Waals surface area contributed by atoms with Gasteiger partial charge in [-0.3, -0.25) is 0 Å². The van der Waals surface area contributed by atoms with Crippen molar-refractivity contribution in [1.82, 2.24) is 4.98 Å². The minimum atomic E-state index is 0.609. The van der Waals surface area contributed by atoms with Gasteiger partial charge in [0.1, 0.15) is 0 Å². The first-order valence-electron chi connectivity index (χ1n) is 7.46. The second-order valence-electron chi connectivity index (χ2n) is 6.27. The molecule has 0 unspecified atom stereocenters. The second kappa shape index (κ2) is 6.27. The zero-order chi connectivity index (χ0) is 13.8. The quantitative estimate of drug-likeness (QED) is 0.894. The Kier molecular flexibility index (Phi) is 4.67. The molecule has 0 bridgehead atoms. The molecule has 0 amide bonds. The van der Waals surface area contributed by atoms with Gasteiger partial charge in [0.15, 0.2) is 5.82 Å². The molecule has 1 saturated carbocycles. The molecular formula is C16H27N3. The van der Waals surface area contributed by atoms with Crippen LogP contribution < -0.4 is 10.2 Å². The van der Waals surface area contributed by atoms with Crippen LogP contribution in [0.1, 0.15) is 39.5 Å². The first-order chi connectivity index (χ1) is 9.08. The van der Waals surface area contributed by atoms with E-state index >= 15 is 0 Å². The summed E-state index contributed by atoms with van der Waals surface area (Å²) in [6.45, 7) is 4.70. The van der Waals surface area contributed by atoms with E-state index in [1.54, 1.807) is 0 Å². The maximum atomic E-state index is 4.45. The number of aromatic nitrogens is 1. The van der Waals surface area contributed by atoms with E-state index < -0.39 is 0 Å². The van der Waals surface area contributed by atoms with Gasteiger partial charge in [0.05, 0.1) is 5.69 Å². The molecule has 1 aliphatic rings. The number of anilines is 2. The fourth-order valence-electron chi connectivity index (χ4n) is 3.02. The molecule has 0 aromatic carbocycles. The first kappa shape index (κ1) is 14.2. The largest absolute Gasteiger partial charge is 0.379 e. The van der Waals surface area contributed by atoms with E-state index in [0.29, 0.717) is 6.04 Å². The van der Waals surface area contributed by atoms with Gasteiger partial charge in [-0.25, -0.2) is 4.98 Å². The van der Waals surface area contributed by atoms with Gasteiger partial charge in [-0.2, -0.15) is 0 Å². The van der Waals surface area contributed by atoms with Crippen molar-refractivity contribution in [3.8, 4) is 0 Å². The molecule has 3 nitrogen and oxygen atoms in total. The molecule has 0 aliphatic heterocycles. The Morgan fingerprint density at radius 1 is 1.21 bits per heavy atom. The average Bonchev–Trinajstić information content (AvgIpc) is 2.39. The van der Waals surface area contributed by atoms with E-state index in [0.717, 1.165) is 17.7 Å². The van der Waals surface area contributed by atoms with Crippen molar-refractivity contribution >= 4 is 11.5 Å². The van der Waals surface area contributed by atoms with Crippen LogP contribution in [0.5, 0.6) is 0 Å². The van der Waals surface area contributed by atoms with Gasteiger partial charge in [-0.15, -0.1) is 0 Å². The maximum absolute atomic E-state index is 4.45. The number of nitrogens with one attached hydrogen (secondary N) is 1. The summed E-state index contributed by atoms with van der Waals surface area (Å²) in [5.74, 6) is 2.78. The lowest BCUT2D eigenvalue weighted by molar-refractivity contribution is 0.267. The summed E-state index contributed by atoms with van der Waals surface area (Å²) in [4.78, 5) is 6.52. The Morgan fingerprint density at radius 2 is 1.89 bits per heavy atom. The van der Waals surface area contributed by atoms with E-state index in [-0.39, 0.29) is 0 Å². The van der Waals surface area contributed by atoms with Crippen molar-refractivity contribution in [3.63, 3.8) is 0 Å². The highest BCUT2D eigenvalue weighted by atomic mass is 15.2. The molecule has 0 atom stereocenters. The van der Waals surface area contributed by atoms with Crippen molar-refractivity contribution in [3.05, 3.63) is 18.3 Å². The highest BCUT2D eigenvalue weighted by Crippen LogP contribution is 2.32. The topological polar surface area (TPSA) is 28.2 Å². The normalized spacial score (nSPS) is 23.4. The van der Waals surface area contributed by atoms with Crippen molar-refractivity contribution in [1.29, 1.82) is 0 Å². The predicted octanol–water partition coefficient (Wildman–Crippen LogP) is 3.77. The third kappa shape index (κ3) is 3.62. The SMILES string of the molecule is CC(C)C1CCC(Nc2cccnc2N(C)C)CC1. The molecule has 1 aromatic heterocycles. The number of nitrogens with zero attached hydrogens (tertiary/aromatic N) is 2. The van der Waals surface area contributed by atoms with Gasteiger partial charge >= 0.3 is 0 Å². The Morgan fingerprint density at radius 3 is 2.47 bits per heavy atom. The van der Waals surface area contributed by atoms with Gasteiger partial charge in [0.2, 0.25) is 0 Å². The molecular weight excluding hydrogens is 234 g/mol. The van der Waals surface area contributed by atoms with Crippen LogP contribution in [0.3, 0.4) is 0 Å². The smallest absolute Gasteiger partial charge is 0.151 e. The maximum Gasteiger partial charge on any atom is 0.151 e. The van der Waals surface area contributed by atoms with Crippen LogP contribution in [-0.4, -0.2) is 25.1 Å². The molecule has 0 radical (unpaired) electrons. The van der Waals surface area contributed by atoms with Crippen LogP contribution in [0.15, 0.2) is 18.3 Å². The van der Waals surface area contributed by atoms with Crippen LogP contribution >= 0.6 is 0 Å². The number of pyridine rings is 1. The second-order valence-corrected chi connectivity index (χ2v) is 6.27. The summed E-state index contributed by atoms with van der Waals surface area (Å²) in [5.41, 5.74) is 1.17. The zero-order valence-corrected chi connectivity index (χ0v) is 12.7. The highest BCUT2D eigenvalue weighted by Gasteiger charge is 2.23. The molecule has 1 heterocycles. The number of rotatable bonds is 4. The van der Waals surface area contributed by atoms with Gasteiger partial charge in [0, 0.05) is 26.3 Å². The van der Waals surface area contributed by atoms with E-state index in [4.69, 9.17) is 0 Å². The highest BCUT2D eigenvalue weighted by molar-refractivity contribution is 5.65. The fraction of sp³-hybridized carbons (Fsp3) is 0.688. The summed E-state index contributed by atoms with van der Waals surface area (Å²) in [5, 5.41) is 3.69. The van der Waals surface area contributed by atoms with Gasteiger partial charge < -0.3 is 10.2 Å². The number of hydrogen-bond donors (Lipinski definition) is 1. The fourth-order valence-corrected chi connectivity index (χ4v) is 3.02. The molecule has 2 rings (SSSR count).